The Morgan fingerprint density at radius 1 is 1.29 bits per heavy atom. The number of benzene rings is 1. The van der Waals surface area contributed by atoms with Gasteiger partial charge in [-0.15, -0.1) is 0 Å². The third-order valence-corrected chi connectivity index (χ3v) is 4.56. The van der Waals surface area contributed by atoms with E-state index in [1.54, 1.807) is 4.90 Å². The van der Waals surface area contributed by atoms with Crippen molar-refractivity contribution >= 4 is 11.8 Å². The van der Waals surface area contributed by atoms with Crippen LogP contribution in [0.2, 0.25) is 0 Å². The lowest BCUT2D eigenvalue weighted by Gasteiger charge is -2.37. The van der Waals surface area contributed by atoms with Gasteiger partial charge in [-0.2, -0.15) is 0 Å². The van der Waals surface area contributed by atoms with Gasteiger partial charge in [-0.3, -0.25) is 9.59 Å². The molecule has 1 unspecified atom stereocenters. The number of aryl methyl sites for hydroxylation is 1. The molecule has 2 amide bonds. The van der Waals surface area contributed by atoms with Crippen molar-refractivity contribution in [3.8, 4) is 0 Å². The SMILES string of the molecule is Cc1cccc(C2C(=O)NCCN2C(=O)C2CCCC2)c1. The maximum atomic E-state index is 12.8. The van der Waals surface area contributed by atoms with Crippen molar-refractivity contribution in [3.05, 3.63) is 35.4 Å². The van der Waals surface area contributed by atoms with Crippen LogP contribution in [0.5, 0.6) is 0 Å². The van der Waals surface area contributed by atoms with Gasteiger partial charge in [0.1, 0.15) is 6.04 Å². The van der Waals surface area contributed by atoms with Crippen LogP contribution in [0.25, 0.3) is 0 Å². The summed E-state index contributed by atoms with van der Waals surface area (Å²) in [6.45, 7) is 3.17. The van der Waals surface area contributed by atoms with Crippen LogP contribution in [0.4, 0.5) is 0 Å². The van der Waals surface area contributed by atoms with Crippen molar-refractivity contribution < 1.29 is 9.59 Å². The Hall–Kier alpha value is -1.84. The molecular weight excluding hydrogens is 264 g/mol. The molecule has 1 aliphatic carbocycles. The van der Waals surface area contributed by atoms with E-state index in [0.29, 0.717) is 13.1 Å². The predicted molar refractivity (Wildman–Crippen MR) is 80.6 cm³/mol. The van der Waals surface area contributed by atoms with Crippen molar-refractivity contribution in [2.45, 2.75) is 38.6 Å². The van der Waals surface area contributed by atoms with Crippen LogP contribution in [0, 0.1) is 12.8 Å². The predicted octanol–water partition coefficient (Wildman–Crippen LogP) is 2.18. The molecule has 1 aromatic carbocycles. The highest BCUT2D eigenvalue weighted by Gasteiger charge is 2.37. The summed E-state index contributed by atoms with van der Waals surface area (Å²) in [5.74, 6) is 0.218. The minimum atomic E-state index is -0.466. The largest absolute Gasteiger partial charge is 0.352 e. The Morgan fingerprint density at radius 3 is 2.76 bits per heavy atom. The first-order valence-electron chi connectivity index (χ1n) is 7.81. The molecule has 0 aromatic heterocycles. The van der Waals surface area contributed by atoms with E-state index in [9.17, 15) is 9.59 Å². The average molecular weight is 286 g/mol. The average Bonchev–Trinajstić information content (AvgIpc) is 3.00. The summed E-state index contributed by atoms with van der Waals surface area (Å²) in [4.78, 5) is 26.9. The van der Waals surface area contributed by atoms with Gasteiger partial charge in [0.25, 0.3) is 0 Å². The zero-order valence-electron chi connectivity index (χ0n) is 12.5. The van der Waals surface area contributed by atoms with Crippen molar-refractivity contribution in [3.63, 3.8) is 0 Å². The maximum Gasteiger partial charge on any atom is 0.247 e. The maximum absolute atomic E-state index is 12.8. The second kappa shape index (κ2) is 5.88. The fourth-order valence-corrected chi connectivity index (χ4v) is 3.48. The summed E-state index contributed by atoms with van der Waals surface area (Å²) in [6, 6.07) is 7.44. The lowest BCUT2D eigenvalue weighted by molar-refractivity contribution is -0.146. The smallest absolute Gasteiger partial charge is 0.247 e. The highest BCUT2D eigenvalue weighted by Crippen LogP contribution is 2.31. The van der Waals surface area contributed by atoms with Gasteiger partial charge in [0.2, 0.25) is 11.8 Å². The van der Waals surface area contributed by atoms with E-state index < -0.39 is 6.04 Å². The van der Waals surface area contributed by atoms with Crippen molar-refractivity contribution in [1.82, 2.24) is 10.2 Å². The van der Waals surface area contributed by atoms with Gasteiger partial charge in [0.05, 0.1) is 0 Å². The molecule has 2 fully saturated rings. The fraction of sp³-hybridized carbons (Fsp3) is 0.529. The zero-order valence-corrected chi connectivity index (χ0v) is 12.5. The number of piperazine rings is 1. The zero-order chi connectivity index (χ0) is 14.8. The van der Waals surface area contributed by atoms with Crippen LogP contribution in [0.15, 0.2) is 24.3 Å². The lowest BCUT2D eigenvalue weighted by Crippen LogP contribution is -2.53. The number of carbonyl (C=O) groups is 2. The van der Waals surface area contributed by atoms with E-state index in [1.165, 1.54) is 0 Å². The first-order chi connectivity index (χ1) is 10.2. The molecule has 0 bridgehead atoms. The number of nitrogens with one attached hydrogen (secondary N) is 1. The van der Waals surface area contributed by atoms with Crippen molar-refractivity contribution in [2.24, 2.45) is 5.92 Å². The van der Waals surface area contributed by atoms with Gasteiger partial charge >= 0.3 is 0 Å². The second-order valence-corrected chi connectivity index (χ2v) is 6.12. The number of carbonyl (C=O) groups excluding carboxylic acids is 2. The molecule has 1 N–H and O–H groups in total. The van der Waals surface area contributed by atoms with Gasteiger partial charge in [0.15, 0.2) is 0 Å². The minimum absolute atomic E-state index is 0.0572. The van der Waals surface area contributed by atoms with Crippen LogP contribution in [-0.2, 0) is 9.59 Å². The molecule has 3 rings (SSSR count). The summed E-state index contributed by atoms with van der Waals surface area (Å²) in [5, 5.41) is 2.89. The molecule has 1 aromatic rings. The van der Waals surface area contributed by atoms with Gasteiger partial charge in [-0.25, -0.2) is 0 Å². The lowest BCUT2D eigenvalue weighted by atomic mass is 9.97. The summed E-state index contributed by atoms with van der Waals surface area (Å²) >= 11 is 0. The van der Waals surface area contributed by atoms with Gasteiger partial charge in [0, 0.05) is 19.0 Å². The third-order valence-electron chi connectivity index (χ3n) is 4.56. The monoisotopic (exact) mass is 286 g/mol. The molecule has 1 aliphatic heterocycles. The van der Waals surface area contributed by atoms with E-state index in [0.717, 1.165) is 36.8 Å². The molecule has 21 heavy (non-hydrogen) atoms. The summed E-state index contributed by atoms with van der Waals surface area (Å²) in [5.41, 5.74) is 2.03. The van der Waals surface area contributed by atoms with Crippen LogP contribution in [-0.4, -0.2) is 29.8 Å². The Kier molecular flexibility index (Phi) is 3.95. The first kappa shape index (κ1) is 14.1. The van der Waals surface area contributed by atoms with Gasteiger partial charge in [-0.1, -0.05) is 42.7 Å². The number of nitrogens with zero attached hydrogens (tertiary/aromatic N) is 1. The van der Waals surface area contributed by atoms with E-state index in [1.807, 2.05) is 31.2 Å². The van der Waals surface area contributed by atoms with E-state index in [4.69, 9.17) is 0 Å². The quantitative estimate of drug-likeness (QED) is 0.906. The third kappa shape index (κ3) is 2.80. The summed E-state index contributed by atoms with van der Waals surface area (Å²) in [7, 11) is 0. The summed E-state index contributed by atoms with van der Waals surface area (Å²) < 4.78 is 0. The van der Waals surface area contributed by atoms with E-state index >= 15 is 0 Å². The number of amides is 2. The van der Waals surface area contributed by atoms with E-state index in [-0.39, 0.29) is 17.7 Å². The fourth-order valence-electron chi connectivity index (χ4n) is 3.48. The second-order valence-electron chi connectivity index (χ2n) is 6.12. The Labute approximate surface area is 125 Å². The minimum Gasteiger partial charge on any atom is -0.352 e. The standard InChI is InChI=1S/C17H22N2O2/c1-12-5-4-8-14(11-12)15-16(20)18-9-10-19(15)17(21)13-6-2-3-7-13/h4-5,8,11,13,15H,2-3,6-7,9-10H2,1H3,(H,18,20). The molecule has 0 radical (unpaired) electrons. The summed E-state index contributed by atoms with van der Waals surface area (Å²) in [6.07, 6.45) is 4.20. The molecule has 4 nitrogen and oxygen atoms in total. The van der Waals surface area contributed by atoms with Crippen molar-refractivity contribution in [2.75, 3.05) is 13.1 Å². The molecule has 1 heterocycles. The van der Waals surface area contributed by atoms with Crippen molar-refractivity contribution in [1.29, 1.82) is 0 Å². The first-order valence-corrected chi connectivity index (χ1v) is 7.81. The highest BCUT2D eigenvalue weighted by atomic mass is 16.2. The van der Waals surface area contributed by atoms with Gasteiger partial charge < -0.3 is 10.2 Å². The number of hydrogen-bond donors (Lipinski definition) is 1. The normalized spacial score (nSPS) is 23.2. The topological polar surface area (TPSA) is 49.4 Å². The van der Waals surface area contributed by atoms with Crippen LogP contribution in [0.3, 0.4) is 0 Å². The number of hydrogen-bond acceptors (Lipinski definition) is 2. The van der Waals surface area contributed by atoms with Crippen LogP contribution < -0.4 is 5.32 Å². The number of rotatable bonds is 2. The molecule has 112 valence electrons. The Balaban J connectivity index is 1.89. The molecule has 4 heteroatoms. The van der Waals surface area contributed by atoms with E-state index in [2.05, 4.69) is 5.32 Å². The Morgan fingerprint density at radius 2 is 2.05 bits per heavy atom. The molecule has 1 atom stereocenters. The highest BCUT2D eigenvalue weighted by molar-refractivity contribution is 5.90. The van der Waals surface area contributed by atoms with Crippen LogP contribution in [0.1, 0.15) is 42.9 Å². The molecule has 0 spiro atoms. The molecular formula is C17H22N2O2. The molecule has 1 saturated carbocycles. The van der Waals surface area contributed by atoms with Gasteiger partial charge in [-0.05, 0) is 25.3 Å². The van der Waals surface area contributed by atoms with Crippen LogP contribution >= 0.6 is 0 Å². The molecule has 1 saturated heterocycles. The molecule has 2 aliphatic rings. The Bertz CT molecular complexity index is 549.